The van der Waals surface area contributed by atoms with Crippen LogP contribution in [0.4, 0.5) is 23.2 Å². The van der Waals surface area contributed by atoms with E-state index in [2.05, 4.69) is 4.74 Å². The van der Waals surface area contributed by atoms with Crippen molar-refractivity contribution >= 4 is 29.2 Å². The highest BCUT2D eigenvalue weighted by Gasteiger charge is 2.64. The Bertz CT molecular complexity index is 826. The lowest BCUT2D eigenvalue weighted by Gasteiger charge is -2.35. The first-order valence-electron chi connectivity index (χ1n) is 7.44. The van der Waals surface area contributed by atoms with Crippen molar-refractivity contribution in [1.82, 2.24) is 5.32 Å². The molecule has 0 aliphatic carbocycles. The van der Waals surface area contributed by atoms with Crippen LogP contribution >= 0.6 is 11.6 Å². The number of hydrogen-bond donors (Lipinski definition) is 2. The van der Waals surface area contributed by atoms with Gasteiger partial charge in [-0.25, -0.2) is 9.18 Å². The summed E-state index contributed by atoms with van der Waals surface area (Å²) in [5.74, 6) is -4.49. The molecule has 1 atom stereocenters. The predicted octanol–water partition coefficient (Wildman–Crippen LogP) is 3.74. The Kier molecular flexibility index (Phi) is 5.99. The Morgan fingerprint density at radius 2 is 1.96 bits per heavy atom. The van der Waals surface area contributed by atoms with Crippen LogP contribution in [0.25, 0.3) is 0 Å². The van der Waals surface area contributed by atoms with E-state index in [4.69, 9.17) is 16.0 Å². The number of alkyl halides is 3. The Hall–Kier alpha value is -2.75. The van der Waals surface area contributed by atoms with Crippen LogP contribution in [0.1, 0.15) is 17.5 Å². The number of halogens is 5. The van der Waals surface area contributed by atoms with Crippen LogP contribution in [-0.4, -0.2) is 30.3 Å². The summed E-state index contributed by atoms with van der Waals surface area (Å²) >= 11 is 5.57. The monoisotopic (exact) mass is 408 g/mol. The summed E-state index contributed by atoms with van der Waals surface area (Å²) < 4.78 is 64.2. The van der Waals surface area contributed by atoms with Crippen molar-refractivity contribution in [3.63, 3.8) is 0 Å². The van der Waals surface area contributed by atoms with E-state index in [9.17, 15) is 27.2 Å². The van der Waals surface area contributed by atoms with Crippen LogP contribution < -0.4 is 10.6 Å². The third-order valence-electron chi connectivity index (χ3n) is 3.30. The summed E-state index contributed by atoms with van der Waals surface area (Å²) in [4.78, 5) is 24.4. The van der Waals surface area contributed by atoms with Crippen molar-refractivity contribution in [3.05, 3.63) is 53.2 Å². The molecule has 0 aliphatic heterocycles. The molecule has 6 nitrogen and oxygen atoms in total. The third-order valence-corrected chi connectivity index (χ3v) is 3.59. The van der Waals surface area contributed by atoms with E-state index in [1.165, 1.54) is 13.0 Å². The molecule has 0 fully saturated rings. The minimum atomic E-state index is -5.34. The van der Waals surface area contributed by atoms with Crippen LogP contribution in [0.3, 0.4) is 0 Å². The second-order valence-corrected chi connectivity index (χ2v) is 5.56. The highest BCUT2D eigenvalue weighted by Crippen LogP contribution is 2.34. The Labute approximate surface area is 155 Å². The van der Waals surface area contributed by atoms with Crippen LogP contribution in [-0.2, 0) is 9.53 Å². The highest BCUT2D eigenvalue weighted by atomic mass is 35.5. The molecule has 0 saturated carbocycles. The SMILES string of the molecule is CCOC(=O)[C@](NC(=O)c1ccco1)(Nc1ccc(F)c(Cl)c1)C(F)(F)F. The summed E-state index contributed by atoms with van der Waals surface area (Å²) in [5, 5.41) is 2.92. The van der Waals surface area contributed by atoms with E-state index in [0.717, 1.165) is 30.5 Å². The van der Waals surface area contributed by atoms with E-state index in [1.807, 2.05) is 5.32 Å². The maximum Gasteiger partial charge on any atom is 0.441 e. The average Bonchev–Trinajstić information content (AvgIpc) is 3.11. The van der Waals surface area contributed by atoms with Gasteiger partial charge in [-0.3, -0.25) is 4.79 Å². The molecule has 1 amide bonds. The number of esters is 1. The van der Waals surface area contributed by atoms with Crippen LogP contribution in [0.15, 0.2) is 41.0 Å². The maximum absolute atomic E-state index is 13.9. The van der Waals surface area contributed by atoms with Gasteiger partial charge < -0.3 is 19.8 Å². The number of nitrogens with one attached hydrogen (secondary N) is 2. The quantitative estimate of drug-likeness (QED) is 0.432. The fourth-order valence-corrected chi connectivity index (χ4v) is 2.24. The molecule has 0 aliphatic rings. The van der Waals surface area contributed by atoms with E-state index in [1.54, 1.807) is 5.32 Å². The molecular formula is C16H13ClF4N2O4. The molecule has 27 heavy (non-hydrogen) atoms. The number of rotatable bonds is 6. The molecule has 0 unspecified atom stereocenters. The average molecular weight is 409 g/mol. The van der Waals surface area contributed by atoms with Crippen molar-refractivity contribution in [2.75, 3.05) is 11.9 Å². The number of benzene rings is 1. The predicted molar refractivity (Wildman–Crippen MR) is 86.6 cm³/mol. The van der Waals surface area contributed by atoms with E-state index in [0.29, 0.717) is 0 Å². The van der Waals surface area contributed by atoms with Crippen LogP contribution in [0.2, 0.25) is 5.02 Å². The van der Waals surface area contributed by atoms with Gasteiger partial charge in [0.2, 0.25) is 0 Å². The first-order chi connectivity index (χ1) is 12.6. The van der Waals surface area contributed by atoms with Crippen molar-refractivity contribution in [2.45, 2.75) is 18.8 Å². The number of amides is 1. The lowest BCUT2D eigenvalue weighted by atomic mass is 10.1. The zero-order chi connectivity index (χ0) is 20.2. The minimum Gasteiger partial charge on any atom is -0.463 e. The Morgan fingerprint density at radius 1 is 1.26 bits per heavy atom. The zero-order valence-corrected chi connectivity index (χ0v) is 14.4. The van der Waals surface area contributed by atoms with Crippen molar-refractivity contribution in [1.29, 1.82) is 0 Å². The molecular weight excluding hydrogens is 396 g/mol. The van der Waals surface area contributed by atoms with Gasteiger partial charge in [0.05, 0.1) is 17.9 Å². The number of furan rings is 1. The Balaban J connectivity index is 2.51. The van der Waals surface area contributed by atoms with Gasteiger partial charge in [-0.05, 0) is 37.3 Å². The number of carbonyl (C=O) groups excluding carboxylic acids is 2. The first-order valence-corrected chi connectivity index (χ1v) is 7.81. The molecule has 1 heterocycles. The first kappa shape index (κ1) is 20.6. The molecule has 11 heteroatoms. The normalized spacial score (nSPS) is 13.6. The molecule has 2 N–H and O–H groups in total. The lowest BCUT2D eigenvalue weighted by molar-refractivity contribution is -0.204. The zero-order valence-electron chi connectivity index (χ0n) is 13.7. The fourth-order valence-electron chi connectivity index (χ4n) is 2.06. The van der Waals surface area contributed by atoms with E-state index in [-0.39, 0.29) is 12.3 Å². The van der Waals surface area contributed by atoms with Gasteiger partial charge in [0, 0.05) is 5.69 Å². The number of carbonyl (C=O) groups is 2. The van der Waals surface area contributed by atoms with Gasteiger partial charge in [0.15, 0.2) is 5.76 Å². The molecule has 1 aromatic heterocycles. The smallest absolute Gasteiger partial charge is 0.441 e. The molecule has 0 bridgehead atoms. The minimum absolute atomic E-state index is 0.383. The lowest BCUT2D eigenvalue weighted by Crippen LogP contribution is -2.69. The van der Waals surface area contributed by atoms with Gasteiger partial charge in [0.25, 0.3) is 5.91 Å². The largest absolute Gasteiger partial charge is 0.463 e. The van der Waals surface area contributed by atoms with Gasteiger partial charge in [-0.1, -0.05) is 11.6 Å². The molecule has 0 spiro atoms. The standard InChI is InChI=1S/C16H13ClF4N2O4/c1-2-26-14(25)15(16(19,20)21,23-13(24)12-4-3-7-27-12)22-9-5-6-11(18)10(17)8-9/h3-8,22H,2H2,1H3,(H,23,24)/t15-/m1/s1. The number of hydrogen-bond acceptors (Lipinski definition) is 5. The molecule has 0 saturated heterocycles. The molecule has 2 rings (SSSR count). The topological polar surface area (TPSA) is 80.6 Å². The summed E-state index contributed by atoms with van der Waals surface area (Å²) in [6, 6.07) is 4.93. The maximum atomic E-state index is 13.9. The molecule has 0 radical (unpaired) electrons. The summed E-state index contributed by atoms with van der Waals surface area (Å²) in [6.45, 7) is 0.904. The van der Waals surface area contributed by atoms with Gasteiger partial charge in [-0.15, -0.1) is 0 Å². The molecule has 1 aromatic carbocycles. The second kappa shape index (κ2) is 7.87. The van der Waals surface area contributed by atoms with Gasteiger partial charge >= 0.3 is 17.8 Å². The summed E-state index contributed by atoms with van der Waals surface area (Å²) in [7, 11) is 0. The molecule has 2 aromatic rings. The number of anilines is 1. The van der Waals surface area contributed by atoms with E-state index >= 15 is 0 Å². The van der Waals surface area contributed by atoms with E-state index < -0.39 is 40.3 Å². The van der Waals surface area contributed by atoms with Gasteiger partial charge in [-0.2, -0.15) is 13.2 Å². The summed E-state index contributed by atoms with van der Waals surface area (Å²) in [5.41, 5.74) is -4.06. The highest BCUT2D eigenvalue weighted by molar-refractivity contribution is 6.31. The van der Waals surface area contributed by atoms with Gasteiger partial charge in [0.1, 0.15) is 5.82 Å². The fraction of sp³-hybridized carbons (Fsp3) is 0.250. The van der Waals surface area contributed by atoms with Crippen molar-refractivity contribution in [3.8, 4) is 0 Å². The summed E-state index contributed by atoms with van der Waals surface area (Å²) in [6.07, 6.45) is -4.27. The van der Waals surface area contributed by atoms with Crippen LogP contribution in [0, 0.1) is 5.82 Å². The second-order valence-electron chi connectivity index (χ2n) is 5.15. The third kappa shape index (κ3) is 4.33. The molecule has 146 valence electrons. The number of ether oxygens (including phenoxy) is 1. The van der Waals surface area contributed by atoms with Crippen molar-refractivity contribution in [2.24, 2.45) is 0 Å². The van der Waals surface area contributed by atoms with Crippen LogP contribution in [0.5, 0.6) is 0 Å². The Morgan fingerprint density at radius 3 is 2.48 bits per heavy atom. The van der Waals surface area contributed by atoms with Crippen molar-refractivity contribution < 1.29 is 36.3 Å².